The van der Waals surface area contributed by atoms with Crippen LogP contribution in [0, 0.1) is 6.92 Å². The lowest BCUT2D eigenvalue weighted by Gasteiger charge is -2.15. The molecule has 1 aliphatic heterocycles. The number of benzene rings is 1. The molecule has 1 saturated heterocycles. The monoisotopic (exact) mass is 338 g/mol. The van der Waals surface area contributed by atoms with Crippen LogP contribution in [0.2, 0.25) is 0 Å². The van der Waals surface area contributed by atoms with E-state index in [2.05, 4.69) is 15.3 Å². The lowest BCUT2D eigenvalue weighted by molar-refractivity contribution is -0.129. The van der Waals surface area contributed by atoms with Crippen molar-refractivity contribution in [2.75, 3.05) is 18.4 Å². The Labute approximate surface area is 147 Å². The van der Waals surface area contributed by atoms with Crippen LogP contribution in [0.5, 0.6) is 0 Å². The molecule has 2 amide bonds. The summed E-state index contributed by atoms with van der Waals surface area (Å²) < 4.78 is 0. The molecule has 0 spiro atoms. The molecule has 1 aromatic heterocycles. The van der Waals surface area contributed by atoms with E-state index < -0.39 is 0 Å². The second-order valence-electron chi connectivity index (χ2n) is 6.23. The highest BCUT2D eigenvalue weighted by atomic mass is 16.2. The molecule has 1 aliphatic rings. The van der Waals surface area contributed by atoms with Crippen LogP contribution in [0.4, 0.5) is 5.69 Å². The molecule has 0 radical (unpaired) electrons. The van der Waals surface area contributed by atoms with Gasteiger partial charge in [0.2, 0.25) is 5.91 Å². The van der Waals surface area contributed by atoms with Gasteiger partial charge in [0, 0.05) is 37.3 Å². The minimum Gasteiger partial charge on any atom is -0.342 e. The number of nitrogens with zero attached hydrogens (tertiary/aromatic N) is 3. The van der Waals surface area contributed by atoms with Crippen LogP contribution in [-0.2, 0) is 4.79 Å². The van der Waals surface area contributed by atoms with Gasteiger partial charge in [-0.15, -0.1) is 0 Å². The fraction of sp³-hybridized carbons (Fsp3) is 0.368. The number of nitrogens with one attached hydrogen (secondary N) is 1. The van der Waals surface area contributed by atoms with Crippen LogP contribution in [0.15, 0.2) is 36.5 Å². The Morgan fingerprint density at radius 1 is 1.28 bits per heavy atom. The van der Waals surface area contributed by atoms with Crippen LogP contribution in [-0.4, -0.2) is 39.8 Å². The fourth-order valence-corrected chi connectivity index (χ4v) is 3.05. The number of carbonyl (C=O) groups excluding carboxylic acids is 2. The molecule has 2 aromatic rings. The molecule has 0 aliphatic carbocycles. The van der Waals surface area contributed by atoms with Gasteiger partial charge >= 0.3 is 0 Å². The van der Waals surface area contributed by atoms with Crippen LogP contribution < -0.4 is 5.32 Å². The summed E-state index contributed by atoms with van der Waals surface area (Å²) >= 11 is 0. The largest absolute Gasteiger partial charge is 0.342 e. The van der Waals surface area contributed by atoms with E-state index in [-0.39, 0.29) is 17.7 Å². The second kappa shape index (κ2) is 7.42. The van der Waals surface area contributed by atoms with Gasteiger partial charge in [0.05, 0.1) is 11.3 Å². The number of hydrogen-bond donors (Lipinski definition) is 1. The third kappa shape index (κ3) is 3.84. The van der Waals surface area contributed by atoms with Gasteiger partial charge in [-0.05, 0) is 25.5 Å². The normalized spacial score (nSPS) is 16.7. The van der Waals surface area contributed by atoms with Gasteiger partial charge in [0.1, 0.15) is 5.82 Å². The van der Waals surface area contributed by atoms with E-state index in [0.29, 0.717) is 30.0 Å². The summed E-state index contributed by atoms with van der Waals surface area (Å²) in [5.74, 6) is 0.795. The maximum absolute atomic E-state index is 12.4. The lowest BCUT2D eigenvalue weighted by Crippen LogP contribution is -2.27. The number of hydrogen-bond acceptors (Lipinski definition) is 4. The van der Waals surface area contributed by atoms with Crippen LogP contribution >= 0.6 is 0 Å². The van der Waals surface area contributed by atoms with Crippen molar-refractivity contribution in [1.82, 2.24) is 14.9 Å². The van der Waals surface area contributed by atoms with Gasteiger partial charge in [0.15, 0.2) is 0 Å². The number of carbonyl (C=O) groups is 2. The molecular formula is C19H22N4O2. The minimum atomic E-state index is -0.218. The van der Waals surface area contributed by atoms with Crippen LogP contribution in [0.1, 0.15) is 47.6 Å². The molecule has 2 heterocycles. The highest BCUT2D eigenvalue weighted by molar-refractivity contribution is 6.04. The standard InChI is InChI=1S/C19H22N4O2/c1-3-17(24)23-10-9-14(12-23)18-20-11-16(13(2)21-18)19(25)22-15-7-5-4-6-8-15/h4-8,11,14H,3,9-10,12H2,1-2H3,(H,22,25)/t14-/m0/s1. The van der Waals surface area contributed by atoms with Crippen molar-refractivity contribution in [2.45, 2.75) is 32.6 Å². The Kier molecular flexibility index (Phi) is 5.07. The summed E-state index contributed by atoms with van der Waals surface area (Å²) in [5, 5.41) is 2.85. The molecule has 0 saturated carbocycles. The molecule has 130 valence electrons. The van der Waals surface area contributed by atoms with Crippen molar-refractivity contribution in [3.8, 4) is 0 Å². The van der Waals surface area contributed by atoms with Gasteiger partial charge in [-0.1, -0.05) is 25.1 Å². The van der Waals surface area contributed by atoms with E-state index in [9.17, 15) is 9.59 Å². The summed E-state index contributed by atoms with van der Waals surface area (Å²) in [7, 11) is 0. The Hall–Kier alpha value is -2.76. The van der Waals surface area contributed by atoms with Gasteiger partial charge in [0.25, 0.3) is 5.91 Å². The van der Waals surface area contributed by atoms with Crippen molar-refractivity contribution in [3.05, 3.63) is 53.6 Å². The highest BCUT2D eigenvalue weighted by Gasteiger charge is 2.28. The number of anilines is 1. The molecule has 0 bridgehead atoms. The quantitative estimate of drug-likeness (QED) is 0.930. The molecule has 0 unspecified atom stereocenters. The predicted octanol–water partition coefficient (Wildman–Crippen LogP) is 2.76. The minimum absolute atomic E-state index is 0.139. The Morgan fingerprint density at radius 3 is 2.72 bits per heavy atom. The van der Waals surface area contributed by atoms with Crippen molar-refractivity contribution in [2.24, 2.45) is 0 Å². The molecule has 1 fully saturated rings. The topological polar surface area (TPSA) is 75.2 Å². The smallest absolute Gasteiger partial charge is 0.259 e. The summed E-state index contributed by atoms with van der Waals surface area (Å²) in [6, 6.07) is 9.30. The molecule has 6 nitrogen and oxygen atoms in total. The number of likely N-dealkylation sites (tertiary alicyclic amines) is 1. The molecule has 1 N–H and O–H groups in total. The molecule has 1 atom stereocenters. The Balaban J connectivity index is 1.71. The average Bonchev–Trinajstić information content (AvgIpc) is 3.12. The third-order valence-corrected chi connectivity index (χ3v) is 4.48. The number of rotatable bonds is 4. The van der Waals surface area contributed by atoms with E-state index in [4.69, 9.17) is 0 Å². The zero-order valence-corrected chi connectivity index (χ0v) is 14.5. The maximum atomic E-state index is 12.4. The lowest BCUT2D eigenvalue weighted by atomic mass is 10.1. The molecule has 25 heavy (non-hydrogen) atoms. The predicted molar refractivity (Wildman–Crippen MR) is 95.4 cm³/mol. The molecule has 3 rings (SSSR count). The maximum Gasteiger partial charge on any atom is 0.259 e. The summed E-state index contributed by atoms with van der Waals surface area (Å²) in [6.07, 6.45) is 2.96. The Morgan fingerprint density at radius 2 is 2.04 bits per heavy atom. The van der Waals surface area contributed by atoms with Crippen molar-refractivity contribution in [1.29, 1.82) is 0 Å². The first-order valence-corrected chi connectivity index (χ1v) is 8.56. The van der Waals surface area contributed by atoms with Gasteiger partial charge in [-0.3, -0.25) is 9.59 Å². The Bertz CT molecular complexity index is 776. The zero-order valence-electron chi connectivity index (χ0n) is 14.5. The van der Waals surface area contributed by atoms with E-state index in [1.54, 1.807) is 6.20 Å². The van der Waals surface area contributed by atoms with Gasteiger partial charge in [-0.25, -0.2) is 9.97 Å². The number of amides is 2. The summed E-state index contributed by atoms with van der Waals surface area (Å²) in [6.45, 7) is 5.09. The van der Waals surface area contributed by atoms with Crippen LogP contribution in [0.25, 0.3) is 0 Å². The number of para-hydroxylation sites is 1. The van der Waals surface area contributed by atoms with E-state index in [1.807, 2.05) is 49.1 Å². The first-order chi connectivity index (χ1) is 12.1. The molecular weight excluding hydrogens is 316 g/mol. The second-order valence-corrected chi connectivity index (χ2v) is 6.23. The zero-order chi connectivity index (χ0) is 17.8. The van der Waals surface area contributed by atoms with E-state index >= 15 is 0 Å². The number of aromatic nitrogens is 2. The number of aryl methyl sites for hydroxylation is 1. The van der Waals surface area contributed by atoms with E-state index in [0.717, 1.165) is 18.7 Å². The molecule has 6 heteroatoms. The van der Waals surface area contributed by atoms with Gasteiger partial charge in [-0.2, -0.15) is 0 Å². The summed E-state index contributed by atoms with van der Waals surface area (Å²) in [5.41, 5.74) is 1.85. The average molecular weight is 338 g/mol. The first kappa shape index (κ1) is 17.1. The fourth-order valence-electron chi connectivity index (χ4n) is 3.05. The third-order valence-electron chi connectivity index (χ3n) is 4.48. The van der Waals surface area contributed by atoms with Crippen molar-refractivity contribution >= 4 is 17.5 Å². The van der Waals surface area contributed by atoms with Crippen LogP contribution in [0.3, 0.4) is 0 Å². The first-order valence-electron chi connectivity index (χ1n) is 8.56. The highest BCUT2D eigenvalue weighted by Crippen LogP contribution is 2.25. The SMILES string of the molecule is CCC(=O)N1CC[C@H](c2ncc(C(=O)Nc3ccccc3)c(C)n2)C1. The molecule has 1 aromatic carbocycles. The summed E-state index contributed by atoms with van der Waals surface area (Å²) in [4.78, 5) is 35.0. The van der Waals surface area contributed by atoms with Crippen molar-refractivity contribution in [3.63, 3.8) is 0 Å². The van der Waals surface area contributed by atoms with Gasteiger partial charge < -0.3 is 10.2 Å². The van der Waals surface area contributed by atoms with E-state index in [1.165, 1.54) is 0 Å². The van der Waals surface area contributed by atoms with Crippen molar-refractivity contribution < 1.29 is 9.59 Å².